The van der Waals surface area contributed by atoms with E-state index >= 15 is 0 Å². The van der Waals surface area contributed by atoms with E-state index in [1.807, 2.05) is 0 Å². The molecule has 0 unspecified atom stereocenters. The highest BCUT2D eigenvalue weighted by molar-refractivity contribution is 8.18. The Morgan fingerprint density at radius 2 is 1.88 bits per heavy atom. The number of hydrogen-bond acceptors (Lipinski definition) is 6. The minimum Gasteiger partial charge on any atom is -0.457 e. The summed E-state index contributed by atoms with van der Waals surface area (Å²) in [5, 5.41) is 11.7. The van der Waals surface area contributed by atoms with Gasteiger partial charge in [-0.3, -0.25) is 24.6 Å². The molecule has 0 spiro atoms. The number of imide groups is 1. The molecule has 3 aromatic rings. The van der Waals surface area contributed by atoms with Crippen molar-refractivity contribution in [3.05, 3.63) is 90.0 Å². The Kier molecular flexibility index (Phi) is 6.34. The monoisotopic (exact) mass is 502 g/mol. The minimum absolute atomic E-state index is 0.00456. The van der Waals surface area contributed by atoms with Crippen LogP contribution in [0.15, 0.2) is 51.8 Å². The van der Waals surface area contributed by atoms with Gasteiger partial charge in [-0.25, -0.2) is 0 Å². The molecule has 0 bridgehead atoms. The van der Waals surface area contributed by atoms with Gasteiger partial charge in [-0.2, -0.15) is 0 Å². The number of amides is 2. The van der Waals surface area contributed by atoms with Crippen LogP contribution in [0.25, 0.3) is 17.4 Å². The normalized spacial score (nSPS) is 15.0. The standard InChI is InChI=1S/C23H16Cl2N2O5S/c1-12-7-15(8-19(13(12)2)27(30)31)20-6-5-17(32-20)10-21-22(28)26(23(29)33-21)11-14-3-4-16(24)9-18(14)25/h3-10H,11H2,1-2H3/b21-10+. The lowest BCUT2D eigenvalue weighted by atomic mass is 10.0. The van der Waals surface area contributed by atoms with Crippen molar-refractivity contribution in [1.29, 1.82) is 0 Å². The van der Waals surface area contributed by atoms with Crippen LogP contribution in [-0.4, -0.2) is 21.0 Å². The summed E-state index contributed by atoms with van der Waals surface area (Å²) in [6.45, 7) is 3.50. The molecule has 2 amide bonds. The molecule has 7 nitrogen and oxygen atoms in total. The van der Waals surface area contributed by atoms with E-state index in [0.29, 0.717) is 38.3 Å². The van der Waals surface area contributed by atoms with Gasteiger partial charge in [-0.15, -0.1) is 0 Å². The van der Waals surface area contributed by atoms with Gasteiger partial charge in [0.05, 0.1) is 16.4 Å². The predicted octanol–water partition coefficient (Wildman–Crippen LogP) is 7.01. The second kappa shape index (κ2) is 9.05. The van der Waals surface area contributed by atoms with Crippen LogP contribution in [0.5, 0.6) is 0 Å². The van der Waals surface area contributed by atoms with Crippen LogP contribution in [-0.2, 0) is 11.3 Å². The molecule has 4 rings (SSSR count). The van der Waals surface area contributed by atoms with E-state index in [0.717, 1.165) is 22.2 Å². The van der Waals surface area contributed by atoms with Gasteiger partial charge >= 0.3 is 0 Å². The fourth-order valence-corrected chi connectivity index (χ4v) is 4.63. The number of furan rings is 1. The largest absolute Gasteiger partial charge is 0.457 e. The highest BCUT2D eigenvalue weighted by Crippen LogP contribution is 2.36. The summed E-state index contributed by atoms with van der Waals surface area (Å²) in [5.41, 5.74) is 2.50. The molecule has 33 heavy (non-hydrogen) atoms. The Morgan fingerprint density at radius 3 is 2.58 bits per heavy atom. The number of carbonyl (C=O) groups is 2. The van der Waals surface area contributed by atoms with Gasteiger partial charge in [-0.05, 0) is 67.1 Å². The fourth-order valence-electron chi connectivity index (χ4n) is 3.34. The Hall–Kier alpha value is -3.07. The maximum atomic E-state index is 12.8. The van der Waals surface area contributed by atoms with Crippen LogP contribution in [0, 0.1) is 24.0 Å². The molecule has 1 fully saturated rings. The second-order valence-corrected chi connectivity index (χ2v) is 9.24. The number of nitro groups is 1. The lowest BCUT2D eigenvalue weighted by Gasteiger charge is -2.13. The van der Waals surface area contributed by atoms with Gasteiger partial charge in [-0.1, -0.05) is 29.3 Å². The third kappa shape index (κ3) is 4.68. The van der Waals surface area contributed by atoms with Gasteiger partial charge in [0, 0.05) is 33.3 Å². The van der Waals surface area contributed by atoms with Crippen LogP contribution in [0.2, 0.25) is 10.0 Å². The number of rotatable bonds is 5. The molecule has 168 valence electrons. The van der Waals surface area contributed by atoms with Crippen molar-refractivity contribution in [1.82, 2.24) is 4.90 Å². The highest BCUT2D eigenvalue weighted by atomic mass is 35.5. The smallest absolute Gasteiger partial charge is 0.293 e. The Balaban J connectivity index is 1.58. The van der Waals surface area contributed by atoms with Gasteiger partial charge < -0.3 is 4.42 Å². The molecule has 10 heteroatoms. The molecule has 1 aliphatic heterocycles. The zero-order valence-corrected chi connectivity index (χ0v) is 19.8. The van der Waals surface area contributed by atoms with E-state index in [4.69, 9.17) is 27.6 Å². The fraction of sp³-hybridized carbons (Fsp3) is 0.130. The summed E-state index contributed by atoms with van der Waals surface area (Å²) >= 11 is 12.9. The number of halogens is 2. The predicted molar refractivity (Wildman–Crippen MR) is 128 cm³/mol. The van der Waals surface area contributed by atoms with Crippen molar-refractivity contribution in [2.75, 3.05) is 0 Å². The highest BCUT2D eigenvalue weighted by Gasteiger charge is 2.35. The first-order chi connectivity index (χ1) is 15.6. The van der Waals surface area contributed by atoms with Crippen molar-refractivity contribution in [3.63, 3.8) is 0 Å². The van der Waals surface area contributed by atoms with Crippen LogP contribution in [0.1, 0.15) is 22.5 Å². The number of aryl methyl sites for hydroxylation is 1. The molecule has 2 heterocycles. The summed E-state index contributed by atoms with van der Waals surface area (Å²) in [6, 6.07) is 11.4. The van der Waals surface area contributed by atoms with E-state index < -0.39 is 16.1 Å². The van der Waals surface area contributed by atoms with Crippen molar-refractivity contribution < 1.29 is 18.9 Å². The van der Waals surface area contributed by atoms with Crippen LogP contribution in [0.3, 0.4) is 0 Å². The summed E-state index contributed by atoms with van der Waals surface area (Å²) < 4.78 is 5.80. The van der Waals surface area contributed by atoms with Crippen molar-refractivity contribution in [2.24, 2.45) is 0 Å². The summed E-state index contributed by atoms with van der Waals surface area (Å²) in [4.78, 5) is 37.4. The van der Waals surface area contributed by atoms with Crippen LogP contribution >= 0.6 is 35.0 Å². The third-order valence-corrected chi connectivity index (χ3v) is 6.73. The molecular weight excluding hydrogens is 487 g/mol. The number of carbonyl (C=O) groups excluding carboxylic acids is 2. The lowest BCUT2D eigenvalue weighted by molar-refractivity contribution is -0.385. The molecule has 1 saturated heterocycles. The van der Waals surface area contributed by atoms with E-state index in [9.17, 15) is 19.7 Å². The summed E-state index contributed by atoms with van der Waals surface area (Å²) in [6.07, 6.45) is 1.48. The second-order valence-electron chi connectivity index (χ2n) is 7.40. The number of benzene rings is 2. The topological polar surface area (TPSA) is 93.7 Å². The molecule has 0 atom stereocenters. The number of nitrogens with zero attached hydrogens (tertiary/aromatic N) is 2. The third-order valence-electron chi connectivity index (χ3n) is 5.24. The minimum atomic E-state index is -0.462. The van der Waals surface area contributed by atoms with Gasteiger partial charge in [0.15, 0.2) is 0 Å². The molecular formula is C23H16Cl2N2O5S. The maximum Gasteiger partial charge on any atom is 0.293 e. The first-order valence-electron chi connectivity index (χ1n) is 9.69. The van der Waals surface area contributed by atoms with Gasteiger partial charge in [0.2, 0.25) is 0 Å². The first kappa shape index (κ1) is 23.1. The molecule has 1 aromatic heterocycles. The van der Waals surface area contributed by atoms with E-state index in [2.05, 4.69) is 0 Å². The Bertz CT molecular complexity index is 1350. The quantitative estimate of drug-likeness (QED) is 0.211. The number of nitro benzene ring substituents is 1. The summed E-state index contributed by atoms with van der Waals surface area (Å²) in [7, 11) is 0. The Labute approximate surface area is 203 Å². The molecule has 0 N–H and O–H groups in total. The zero-order chi connectivity index (χ0) is 23.9. The van der Waals surface area contributed by atoms with E-state index in [1.54, 1.807) is 50.2 Å². The van der Waals surface area contributed by atoms with Crippen LogP contribution in [0.4, 0.5) is 10.5 Å². The Morgan fingerprint density at radius 1 is 1.12 bits per heavy atom. The maximum absolute atomic E-state index is 12.8. The van der Waals surface area contributed by atoms with Gasteiger partial charge in [0.25, 0.3) is 16.8 Å². The number of hydrogen-bond donors (Lipinski definition) is 0. The molecule has 2 aromatic carbocycles. The number of thioether (sulfide) groups is 1. The summed E-state index contributed by atoms with van der Waals surface area (Å²) in [5.74, 6) is 0.302. The van der Waals surface area contributed by atoms with Gasteiger partial charge in [0.1, 0.15) is 11.5 Å². The van der Waals surface area contributed by atoms with Crippen molar-refractivity contribution in [2.45, 2.75) is 20.4 Å². The lowest BCUT2D eigenvalue weighted by Crippen LogP contribution is -2.27. The average molecular weight is 503 g/mol. The van der Waals surface area contributed by atoms with Crippen LogP contribution < -0.4 is 0 Å². The molecule has 0 saturated carbocycles. The van der Waals surface area contributed by atoms with E-state index in [-0.39, 0.29) is 17.1 Å². The van der Waals surface area contributed by atoms with Crippen molar-refractivity contribution in [3.8, 4) is 11.3 Å². The van der Waals surface area contributed by atoms with E-state index in [1.165, 1.54) is 12.1 Å². The molecule has 0 aliphatic carbocycles. The van der Waals surface area contributed by atoms with Crippen molar-refractivity contribution >= 4 is 57.9 Å². The zero-order valence-electron chi connectivity index (χ0n) is 17.4. The molecule has 0 radical (unpaired) electrons. The average Bonchev–Trinajstić information content (AvgIpc) is 3.31. The first-order valence-corrected chi connectivity index (χ1v) is 11.3. The SMILES string of the molecule is Cc1cc(-c2ccc(/C=C3/SC(=O)N(Cc4ccc(Cl)cc4Cl)C3=O)o2)cc([N+](=O)[O-])c1C. The molecule has 1 aliphatic rings.